The van der Waals surface area contributed by atoms with E-state index in [1.165, 1.54) is 12.1 Å². The van der Waals surface area contributed by atoms with E-state index < -0.39 is 0 Å². The third kappa shape index (κ3) is 3.03. The van der Waals surface area contributed by atoms with Crippen LogP contribution in [0.2, 0.25) is 0 Å². The number of rotatable bonds is 5. The monoisotopic (exact) mass is 235 g/mol. The molecule has 0 spiro atoms. The maximum absolute atomic E-state index is 12.7. The van der Waals surface area contributed by atoms with Crippen LogP contribution >= 0.6 is 0 Å². The molecular formula is C12H14FN3O. The lowest BCUT2D eigenvalue weighted by atomic mass is 10.2. The predicted molar refractivity (Wildman–Crippen MR) is 63.1 cm³/mol. The van der Waals surface area contributed by atoms with Crippen molar-refractivity contribution in [1.29, 1.82) is 0 Å². The number of benzene rings is 1. The Kier molecular flexibility index (Phi) is 3.69. The molecule has 0 fully saturated rings. The lowest BCUT2D eigenvalue weighted by molar-refractivity contribution is 0.578. The summed E-state index contributed by atoms with van der Waals surface area (Å²) in [6.07, 6.45) is 2.15. The van der Waals surface area contributed by atoms with Crippen LogP contribution in [-0.2, 0) is 0 Å². The number of hydrogen-bond acceptors (Lipinski definition) is 4. The summed E-state index contributed by atoms with van der Waals surface area (Å²) in [6.45, 7) is 2.92. The minimum atomic E-state index is -0.283. The van der Waals surface area contributed by atoms with Crippen molar-refractivity contribution < 1.29 is 8.81 Å². The second kappa shape index (κ2) is 5.43. The number of hydrogen-bond donors (Lipinski definition) is 1. The van der Waals surface area contributed by atoms with E-state index >= 15 is 0 Å². The van der Waals surface area contributed by atoms with Crippen molar-refractivity contribution in [2.75, 3.05) is 11.9 Å². The van der Waals surface area contributed by atoms with Gasteiger partial charge in [-0.05, 0) is 30.7 Å². The molecule has 90 valence electrons. The minimum Gasteiger partial charge on any atom is -0.403 e. The highest BCUT2D eigenvalue weighted by molar-refractivity contribution is 5.52. The third-order valence-electron chi connectivity index (χ3n) is 2.32. The molecule has 17 heavy (non-hydrogen) atoms. The van der Waals surface area contributed by atoms with Crippen molar-refractivity contribution in [3.05, 3.63) is 30.1 Å². The van der Waals surface area contributed by atoms with Gasteiger partial charge in [-0.25, -0.2) is 4.39 Å². The van der Waals surface area contributed by atoms with E-state index in [1.54, 1.807) is 12.1 Å². The van der Waals surface area contributed by atoms with Crippen molar-refractivity contribution in [2.45, 2.75) is 19.8 Å². The van der Waals surface area contributed by atoms with Crippen LogP contribution in [0.3, 0.4) is 0 Å². The summed E-state index contributed by atoms with van der Waals surface area (Å²) < 4.78 is 18.1. The number of unbranched alkanes of at least 4 members (excludes halogenated alkanes) is 1. The van der Waals surface area contributed by atoms with Crippen molar-refractivity contribution in [3.63, 3.8) is 0 Å². The maximum Gasteiger partial charge on any atom is 0.315 e. The first kappa shape index (κ1) is 11.6. The minimum absolute atomic E-state index is 0.283. The van der Waals surface area contributed by atoms with Gasteiger partial charge in [0.25, 0.3) is 0 Å². The molecule has 0 unspecified atom stereocenters. The van der Waals surface area contributed by atoms with Gasteiger partial charge < -0.3 is 9.73 Å². The van der Waals surface area contributed by atoms with E-state index in [0.29, 0.717) is 17.5 Å². The van der Waals surface area contributed by atoms with Crippen molar-refractivity contribution in [1.82, 2.24) is 10.2 Å². The zero-order valence-electron chi connectivity index (χ0n) is 9.61. The van der Waals surface area contributed by atoms with Gasteiger partial charge in [0.15, 0.2) is 0 Å². The van der Waals surface area contributed by atoms with Crippen LogP contribution < -0.4 is 5.32 Å². The Hall–Kier alpha value is -1.91. The molecule has 2 aromatic rings. The zero-order chi connectivity index (χ0) is 12.1. The topological polar surface area (TPSA) is 51.0 Å². The molecule has 1 heterocycles. The van der Waals surface area contributed by atoms with E-state index in [9.17, 15) is 4.39 Å². The number of anilines is 1. The summed E-state index contributed by atoms with van der Waals surface area (Å²) in [5, 5.41) is 10.8. The van der Waals surface area contributed by atoms with Crippen LogP contribution in [0.25, 0.3) is 11.5 Å². The molecule has 0 aliphatic rings. The summed E-state index contributed by atoms with van der Waals surface area (Å²) in [5.41, 5.74) is 0.711. The molecular weight excluding hydrogens is 221 g/mol. The van der Waals surface area contributed by atoms with Gasteiger partial charge in [-0.1, -0.05) is 18.4 Å². The van der Waals surface area contributed by atoms with E-state index in [2.05, 4.69) is 22.4 Å². The average molecular weight is 235 g/mol. The van der Waals surface area contributed by atoms with Gasteiger partial charge in [0.1, 0.15) is 5.82 Å². The highest BCUT2D eigenvalue weighted by atomic mass is 19.1. The highest BCUT2D eigenvalue weighted by Gasteiger charge is 2.07. The molecule has 4 nitrogen and oxygen atoms in total. The summed E-state index contributed by atoms with van der Waals surface area (Å²) in [7, 11) is 0. The first-order chi connectivity index (χ1) is 8.29. The largest absolute Gasteiger partial charge is 0.403 e. The highest BCUT2D eigenvalue weighted by Crippen LogP contribution is 2.19. The van der Waals surface area contributed by atoms with Crippen molar-refractivity contribution in [3.8, 4) is 11.5 Å². The van der Waals surface area contributed by atoms with E-state index in [-0.39, 0.29) is 5.82 Å². The molecule has 0 atom stereocenters. The average Bonchev–Trinajstić information content (AvgIpc) is 2.79. The number of aromatic nitrogens is 2. The summed E-state index contributed by atoms with van der Waals surface area (Å²) in [5.74, 6) is 0.110. The fraction of sp³-hybridized carbons (Fsp3) is 0.333. The molecule has 2 rings (SSSR count). The van der Waals surface area contributed by atoms with Crippen molar-refractivity contribution >= 4 is 6.01 Å². The molecule has 0 aliphatic carbocycles. The molecule has 5 heteroatoms. The Morgan fingerprint density at radius 2 is 2.00 bits per heavy atom. The Labute approximate surface area is 98.9 Å². The molecule has 1 N–H and O–H groups in total. The van der Waals surface area contributed by atoms with E-state index in [0.717, 1.165) is 19.4 Å². The van der Waals surface area contributed by atoms with Crippen molar-refractivity contribution in [2.24, 2.45) is 0 Å². The molecule has 0 amide bonds. The fourth-order valence-electron chi connectivity index (χ4n) is 1.38. The summed E-state index contributed by atoms with van der Waals surface area (Å²) >= 11 is 0. The Balaban J connectivity index is 2.04. The number of nitrogens with zero attached hydrogens (tertiary/aromatic N) is 2. The van der Waals surface area contributed by atoms with Gasteiger partial charge in [0.2, 0.25) is 5.89 Å². The van der Waals surface area contributed by atoms with Crippen LogP contribution in [0.4, 0.5) is 10.4 Å². The van der Waals surface area contributed by atoms with Crippen LogP contribution in [0.15, 0.2) is 28.7 Å². The summed E-state index contributed by atoms with van der Waals surface area (Å²) in [6, 6.07) is 6.35. The Bertz CT molecular complexity index is 467. The smallest absolute Gasteiger partial charge is 0.315 e. The van der Waals surface area contributed by atoms with Crippen LogP contribution in [0, 0.1) is 5.82 Å². The molecule has 0 radical (unpaired) electrons. The lowest BCUT2D eigenvalue weighted by Gasteiger charge is -1.97. The van der Waals surface area contributed by atoms with Gasteiger partial charge >= 0.3 is 6.01 Å². The van der Waals surface area contributed by atoms with Gasteiger partial charge in [0, 0.05) is 12.1 Å². The van der Waals surface area contributed by atoms with E-state index in [1.807, 2.05) is 0 Å². The molecule has 0 saturated heterocycles. The fourth-order valence-corrected chi connectivity index (χ4v) is 1.38. The van der Waals surface area contributed by atoms with Crippen LogP contribution in [0.5, 0.6) is 0 Å². The van der Waals surface area contributed by atoms with E-state index in [4.69, 9.17) is 4.42 Å². The standard InChI is InChI=1S/C12H14FN3O/c1-2-3-8-14-12-16-15-11(17-12)9-4-6-10(13)7-5-9/h4-7H,2-3,8H2,1H3,(H,14,16). The molecule has 0 aliphatic heterocycles. The van der Waals surface area contributed by atoms with Gasteiger partial charge in [0.05, 0.1) is 0 Å². The second-order valence-electron chi connectivity index (χ2n) is 3.70. The predicted octanol–water partition coefficient (Wildman–Crippen LogP) is 3.09. The second-order valence-corrected chi connectivity index (χ2v) is 3.70. The molecule has 1 aromatic heterocycles. The normalized spacial score (nSPS) is 10.5. The zero-order valence-corrected chi connectivity index (χ0v) is 9.61. The molecule has 0 bridgehead atoms. The summed E-state index contributed by atoms with van der Waals surface area (Å²) in [4.78, 5) is 0. The van der Waals surface area contributed by atoms with Gasteiger partial charge in [-0.15, -0.1) is 5.10 Å². The van der Waals surface area contributed by atoms with Crippen LogP contribution in [-0.4, -0.2) is 16.7 Å². The first-order valence-electron chi connectivity index (χ1n) is 5.63. The quantitative estimate of drug-likeness (QED) is 0.809. The SMILES string of the molecule is CCCCNc1nnc(-c2ccc(F)cc2)o1. The Morgan fingerprint density at radius 3 is 2.71 bits per heavy atom. The van der Waals surface area contributed by atoms with Crippen LogP contribution in [0.1, 0.15) is 19.8 Å². The van der Waals surface area contributed by atoms with Gasteiger partial charge in [-0.3, -0.25) is 0 Å². The molecule has 1 aromatic carbocycles. The van der Waals surface area contributed by atoms with Gasteiger partial charge in [-0.2, -0.15) is 0 Å². The number of halogens is 1. The lowest BCUT2D eigenvalue weighted by Crippen LogP contribution is -2.00. The number of nitrogens with one attached hydrogen (secondary N) is 1. The Morgan fingerprint density at radius 1 is 1.24 bits per heavy atom. The molecule has 0 saturated carbocycles. The third-order valence-corrected chi connectivity index (χ3v) is 2.32. The maximum atomic E-state index is 12.7. The first-order valence-corrected chi connectivity index (χ1v) is 5.63.